The van der Waals surface area contributed by atoms with Gasteiger partial charge >= 0.3 is 0 Å². The van der Waals surface area contributed by atoms with Crippen LogP contribution in [0.3, 0.4) is 0 Å². The maximum absolute atomic E-state index is 6.26. The fraction of sp³-hybridized carbons (Fsp3) is 0.231. The van der Waals surface area contributed by atoms with Gasteiger partial charge in [-0.1, -0.05) is 60.6 Å². The molecule has 2 nitrogen and oxygen atoms in total. The fourth-order valence-corrected chi connectivity index (χ4v) is 2.43. The van der Waals surface area contributed by atoms with Crippen molar-refractivity contribution in [1.29, 1.82) is 0 Å². The number of nitrogens with zero attached hydrogens (tertiary/aromatic N) is 2. The highest BCUT2D eigenvalue weighted by Crippen LogP contribution is 2.30. The van der Waals surface area contributed by atoms with E-state index in [4.69, 9.17) is 11.6 Å². The first-order valence-corrected chi connectivity index (χ1v) is 7.02. The number of aryl methyl sites for hydroxylation is 1. The lowest BCUT2D eigenvalue weighted by atomic mass is 10.0. The monoisotopic (exact) mass is 264 g/mol. The number of thioether (sulfide) groups is 1. The van der Waals surface area contributed by atoms with Crippen LogP contribution in [-0.2, 0) is 6.42 Å². The van der Waals surface area contributed by atoms with E-state index in [9.17, 15) is 0 Å². The normalized spacial score (nSPS) is 10.5. The summed E-state index contributed by atoms with van der Waals surface area (Å²) >= 11 is 7.77. The van der Waals surface area contributed by atoms with Crippen LogP contribution in [0.25, 0.3) is 11.1 Å². The Morgan fingerprint density at radius 2 is 1.88 bits per heavy atom. The number of aromatic nitrogens is 2. The van der Waals surface area contributed by atoms with Gasteiger partial charge in [-0.15, -0.1) is 0 Å². The van der Waals surface area contributed by atoms with Crippen molar-refractivity contribution in [3.8, 4) is 11.1 Å². The van der Waals surface area contributed by atoms with Crippen LogP contribution in [0.4, 0.5) is 0 Å². The average molecular weight is 265 g/mol. The predicted molar refractivity (Wildman–Crippen MR) is 73.6 cm³/mol. The lowest BCUT2D eigenvalue weighted by Crippen LogP contribution is -1.98. The summed E-state index contributed by atoms with van der Waals surface area (Å²) in [6.45, 7) is 2.08. The highest BCUT2D eigenvalue weighted by Gasteiger charge is 2.13. The highest BCUT2D eigenvalue weighted by molar-refractivity contribution is 7.98. The van der Waals surface area contributed by atoms with Gasteiger partial charge in [0.25, 0.3) is 0 Å². The topological polar surface area (TPSA) is 25.8 Å². The molecule has 1 aromatic carbocycles. The Labute approximate surface area is 110 Å². The average Bonchev–Trinajstić information content (AvgIpc) is 2.38. The van der Waals surface area contributed by atoms with Gasteiger partial charge in [0.05, 0.1) is 5.69 Å². The number of hydrogen-bond donors (Lipinski definition) is 0. The molecule has 0 spiro atoms. The Bertz CT molecular complexity index is 514. The molecule has 0 aliphatic rings. The molecule has 0 radical (unpaired) electrons. The molecule has 88 valence electrons. The molecule has 0 atom stereocenters. The molecule has 0 saturated heterocycles. The van der Waals surface area contributed by atoms with Crippen LogP contribution in [0.1, 0.15) is 12.6 Å². The summed E-state index contributed by atoms with van der Waals surface area (Å²) in [6.07, 6.45) is 2.80. The maximum atomic E-state index is 6.26. The Morgan fingerprint density at radius 3 is 2.47 bits per heavy atom. The SMILES string of the molecule is CCc1nc(SC)nc(Cl)c1-c1ccccc1. The molecule has 0 amide bonds. The molecular weight excluding hydrogens is 252 g/mol. The summed E-state index contributed by atoms with van der Waals surface area (Å²) in [5.74, 6) is 0. The molecule has 0 aliphatic heterocycles. The summed E-state index contributed by atoms with van der Waals surface area (Å²) in [5.41, 5.74) is 3.02. The quantitative estimate of drug-likeness (QED) is 0.475. The summed E-state index contributed by atoms with van der Waals surface area (Å²) in [6, 6.07) is 10.0. The van der Waals surface area contributed by atoms with Crippen molar-refractivity contribution in [3.05, 3.63) is 41.2 Å². The van der Waals surface area contributed by atoms with E-state index >= 15 is 0 Å². The van der Waals surface area contributed by atoms with E-state index < -0.39 is 0 Å². The van der Waals surface area contributed by atoms with Crippen LogP contribution in [0.2, 0.25) is 5.15 Å². The molecule has 0 bridgehead atoms. The summed E-state index contributed by atoms with van der Waals surface area (Å²) in [5, 5.41) is 1.26. The molecule has 0 fully saturated rings. The minimum Gasteiger partial charge on any atom is -0.227 e. The molecule has 0 aliphatic carbocycles. The fourth-order valence-electron chi connectivity index (χ4n) is 1.69. The number of halogens is 1. The van der Waals surface area contributed by atoms with Crippen LogP contribution < -0.4 is 0 Å². The van der Waals surface area contributed by atoms with Gasteiger partial charge in [-0.2, -0.15) is 0 Å². The van der Waals surface area contributed by atoms with Crippen LogP contribution in [0.5, 0.6) is 0 Å². The summed E-state index contributed by atoms with van der Waals surface area (Å²) in [4.78, 5) is 8.81. The van der Waals surface area contributed by atoms with Gasteiger partial charge in [-0.05, 0) is 18.2 Å². The van der Waals surface area contributed by atoms with Crippen LogP contribution >= 0.6 is 23.4 Å². The molecule has 0 saturated carbocycles. The Morgan fingerprint density at radius 1 is 1.18 bits per heavy atom. The second kappa shape index (κ2) is 5.52. The van der Waals surface area contributed by atoms with Crippen molar-refractivity contribution in [2.75, 3.05) is 6.26 Å². The van der Waals surface area contributed by atoms with Gasteiger partial charge in [0.1, 0.15) is 5.15 Å². The van der Waals surface area contributed by atoms with Gasteiger partial charge in [-0.25, -0.2) is 9.97 Å². The van der Waals surface area contributed by atoms with E-state index in [1.807, 2.05) is 36.6 Å². The van der Waals surface area contributed by atoms with Gasteiger partial charge < -0.3 is 0 Å². The summed E-state index contributed by atoms with van der Waals surface area (Å²) in [7, 11) is 0. The zero-order valence-electron chi connectivity index (χ0n) is 9.77. The largest absolute Gasteiger partial charge is 0.227 e. The van der Waals surface area contributed by atoms with Crippen LogP contribution in [0.15, 0.2) is 35.5 Å². The van der Waals surface area contributed by atoms with Crippen molar-refractivity contribution < 1.29 is 0 Å². The molecule has 1 aromatic heterocycles. The van der Waals surface area contributed by atoms with E-state index in [2.05, 4.69) is 16.9 Å². The van der Waals surface area contributed by atoms with E-state index in [1.54, 1.807) is 0 Å². The van der Waals surface area contributed by atoms with Crippen molar-refractivity contribution in [3.63, 3.8) is 0 Å². The van der Waals surface area contributed by atoms with Crippen LogP contribution in [-0.4, -0.2) is 16.2 Å². The summed E-state index contributed by atoms with van der Waals surface area (Å²) < 4.78 is 0. The molecule has 0 N–H and O–H groups in total. The highest BCUT2D eigenvalue weighted by atomic mass is 35.5. The van der Waals surface area contributed by atoms with Crippen molar-refractivity contribution in [1.82, 2.24) is 9.97 Å². The molecule has 0 unspecified atom stereocenters. The van der Waals surface area contributed by atoms with E-state index in [1.165, 1.54) is 11.8 Å². The standard InChI is InChI=1S/C13H13ClN2S/c1-3-10-11(9-7-5-4-6-8-9)12(14)16-13(15-10)17-2/h4-8H,3H2,1-2H3. The number of rotatable bonds is 3. The molecule has 2 rings (SSSR count). The molecule has 2 aromatic rings. The van der Waals surface area contributed by atoms with Gasteiger partial charge in [0, 0.05) is 5.56 Å². The number of benzene rings is 1. The Kier molecular flexibility index (Phi) is 4.02. The van der Waals surface area contributed by atoms with Gasteiger partial charge in [0.15, 0.2) is 5.16 Å². The third-order valence-electron chi connectivity index (χ3n) is 2.50. The van der Waals surface area contributed by atoms with Gasteiger partial charge in [0.2, 0.25) is 0 Å². The first-order chi connectivity index (χ1) is 8.26. The van der Waals surface area contributed by atoms with E-state index in [0.29, 0.717) is 5.15 Å². The van der Waals surface area contributed by atoms with Crippen LogP contribution in [0, 0.1) is 0 Å². The third-order valence-corrected chi connectivity index (χ3v) is 3.32. The lowest BCUT2D eigenvalue weighted by molar-refractivity contribution is 0.896. The molecule has 4 heteroatoms. The number of hydrogen-bond acceptors (Lipinski definition) is 3. The van der Waals surface area contributed by atoms with Crippen molar-refractivity contribution in [2.45, 2.75) is 18.5 Å². The Balaban J connectivity index is 2.61. The molecule has 17 heavy (non-hydrogen) atoms. The minimum atomic E-state index is 0.535. The lowest BCUT2D eigenvalue weighted by Gasteiger charge is -2.10. The molecule has 1 heterocycles. The zero-order chi connectivity index (χ0) is 12.3. The maximum Gasteiger partial charge on any atom is 0.188 e. The van der Waals surface area contributed by atoms with E-state index in [-0.39, 0.29) is 0 Å². The van der Waals surface area contributed by atoms with Gasteiger partial charge in [-0.3, -0.25) is 0 Å². The first-order valence-electron chi connectivity index (χ1n) is 5.42. The zero-order valence-corrected chi connectivity index (χ0v) is 11.3. The smallest absolute Gasteiger partial charge is 0.188 e. The first kappa shape index (κ1) is 12.4. The minimum absolute atomic E-state index is 0.535. The van der Waals surface area contributed by atoms with Crippen molar-refractivity contribution in [2.24, 2.45) is 0 Å². The molecular formula is C13H13ClN2S. The second-order valence-corrected chi connectivity index (χ2v) is 4.67. The predicted octanol–water partition coefficient (Wildman–Crippen LogP) is 4.08. The van der Waals surface area contributed by atoms with E-state index in [0.717, 1.165) is 28.4 Å². The Hall–Kier alpha value is -1.06. The van der Waals surface area contributed by atoms with Crippen molar-refractivity contribution >= 4 is 23.4 Å². The third kappa shape index (κ3) is 2.61. The second-order valence-electron chi connectivity index (χ2n) is 3.54.